The maximum Gasteiger partial charge on any atom is 0.161 e. The van der Waals surface area contributed by atoms with Crippen LogP contribution >= 0.6 is 0 Å². The standard InChI is InChI=1S/C18H26N4O/c1-13(2)21-10-4-8-16(21)22-17(14-6-5-11-23-12-14)20-15-7-3-9-19-18(15)22/h3,7,9,13-14,16H,4-6,8,10-12H2,1-2H3. The van der Waals surface area contributed by atoms with E-state index in [1.54, 1.807) is 0 Å². The van der Waals surface area contributed by atoms with Crippen molar-refractivity contribution in [2.45, 2.75) is 57.7 Å². The largest absolute Gasteiger partial charge is 0.381 e. The zero-order chi connectivity index (χ0) is 15.8. The lowest BCUT2D eigenvalue weighted by molar-refractivity contribution is 0.0735. The number of fused-ring (bicyclic) bond motifs is 1. The highest BCUT2D eigenvalue weighted by molar-refractivity contribution is 5.71. The van der Waals surface area contributed by atoms with Crippen LogP contribution in [0.4, 0.5) is 0 Å². The van der Waals surface area contributed by atoms with Crippen LogP contribution in [0.3, 0.4) is 0 Å². The van der Waals surface area contributed by atoms with Crippen LogP contribution in [0, 0.1) is 0 Å². The van der Waals surface area contributed by atoms with Crippen molar-refractivity contribution in [2.75, 3.05) is 19.8 Å². The molecule has 2 aromatic rings. The normalized spacial score (nSPS) is 26.4. The molecule has 2 unspecified atom stereocenters. The third kappa shape index (κ3) is 2.66. The van der Waals surface area contributed by atoms with Gasteiger partial charge in [-0.3, -0.25) is 9.47 Å². The molecule has 2 aliphatic heterocycles. The van der Waals surface area contributed by atoms with Crippen LogP contribution in [0.15, 0.2) is 18.3 Å². The van der Waals surface area contributed by atoms with Gasteiger partial charge in [-0.25, -0.2) is 9.97 Å². The second-order valence-corrected chi connectivity index (χ2v) is 7.05. The number of rotatable bonds is 3. The SMILES string of the molecule is CC(C)N1CCCC1n1c(C2CCCOC2)nc2cccnc21. The molecular formula is C18H26N4O. The van der Waals surface area contributed by atoms with Crippen LogP contribution in [0.2, 0.25) is 0 Å². The molecule has 0 spiro atoms. The van der Waals surface area contributed by atoms with Crippen molar-refractivity contribution in [1.82, 2.24) is 19.4 Å². The Labute approximate surface area is 137 Å². The predicted octanol–water partition coefficient (Wildman–Crippen LogP) is 3.33. The van der Waals surface area contributed by atoms with E-state index in [4.69, 9.17) is 9.72 Å². The quantitative estimate of drug-likeness (QED) is 0.871. The molecule has 0 N–H and O–H groups in total. The molecule has 2 saturated heterocycles. The number of pyridine rings is 1. The summed E-state index contributed by atoms with van der Waals surface area (Å²) in [5.74, 6) is 1.57. The van der Waals surface area contributed by atoms with Crippen LogP contribution in [-0.4, -0.2) is 45.2 Å². The second-order valence-electron chi connectivity index (χ2n) is 7.05. The summed E-state index contributed by atoms with van der Waals surface area (Å²) in [7, 11) is 0. The van der Waals surface area contributed by atoms with Gasteiger partial charge in [0.05, 0.1) is 12.8 Å². The van der Waals surface area contributed by atoms with Crippen LogP contribution in [0.1, 0.15) is 57.4 Å². The van der Waals surface area contributed by atoms with Gasteiger partial charge in [0.2, 0.25) is 0 Å². The summed E-state index contributed by atoms with van der Waals surface area (Å²) in [5.41, 5.74) is 2.05. The lowest BCUT2D eigenvalue weighted by Gasteiger charge is -2.32. The summed E-state index contributed by atoms with van der Waals surface area (Å²) < 4.78 is 8.16. The number of hydrogen-bond donors (Lipinski definition) is 0. The van der Waals surface area contributed by atoms with Crippen LogP contribution in [-0.2, 0) is 4.74 Å². The highest BCUT2D eigenvalue weighted by Gasteiger charge is 2.33. The fraction of sp³-hybridized carbons (Fsp3) is 0.667. The molecule has 2 aromatic heterocycles. The Bertz CT molecular complexity index is 675. The Morgan fingerprint density at radius 2 is 2.17 bits per heavy atom. The smallest absolute Gasteiger partial charge is 0.161 e. The van der Waals surface area contributed by atoms with Gasteiger partial charge in [0.1, 0.15) is 11.3 Å². The monoisotopic (exact) mass is 314 g/mol. The molecule has 2 fully saturated rings. The molecule has 0 radical (unpaired) electrons. The predicted molar refractivity (Wildman–Crippen MR) is 90.4 cm³/mol. The molecular weight excluding hydrogens is 288 g/mol. The van der Waals surface area contributed by atoms with E-state index in [1.165, 1.54) is 18.7 Å². The first-order valence-electron chi connectivity index (χ1n) is 8.92. The molecule has 0 bridgehead atoms. The first kappa shape index (κ1) is 15.1. The van der Waals surface area contributed by atoms with Crippen LogP contribution < -0.4 is 0 Å². The zero-order valence-corrected chi connectivity index (χ0v) is 14.1. The van der Waals surface area contributed by atoms with Gasteiger partial charge in [-0.2, -0.15) is 0 Å². The van der Waals surface area contributed by atoms with Crippen molar-refractivity contribution in [3.05, 3.63) is 24.2 Å². The third-order valence-corrected chi connectivity index (χ3v) is 5.22. The molecule has 4 heterocycles. The topological polar surface area (TPSA) is 43.2 Å². The van der Waals surface area contributed by atoms with Gasteiger partial charge < -0.3 is 4.74 Å². The van der Waals surface area contributed by atoms with E-state index >= 15 is 0 Å². The van der Waals surface area contributed by atoms with E-state index in [0.29, 0.717) is 18.1 Å². The molecule has 0 amide bonds. The molecule has 4 rings (SSSR count). The van der Waals surface area contributed by atoms with Gasteiger partial charge in [-0.1, -0.05) is 0 Å². The highest BCUT2D eigenvalue weighted by Crippen LogP contribution is 2.36. The van der Waals surface area contributed by atoms with E-state index in [2.05, 4.69) is 34.4 Å². The maximum absolute atomic E-state index is 5.74. The molecule has 0 saturated carbocycles. The molecule has 0 aliphatic carbocycles. The summed E-state index contributed by atoms with van der Waals surface area (Å²) in [6.07, 6.45) is 6.98. The van der Waals surface area contributed by atoms with E-state index in [9.17, 15) is 0 Å². The zero-order valence-electron chi connectivity index (χ0n) is 14.1. The summed E-state index contributed by atoms with van der Waals surface area (Å²) in [6, 6.07) is 4.61. The Kier molecular flexibility index (Phi) is 4.07. The van der Waals surface area contributed by atoms with Gasteiger partial charge >= 0.3 is 0 Å². The summed E-state index contributed by atoms with van der Waals surface area (Å²) >= 11 is 0. The molecule has 5 heteroatoms. The highest BCUT2D eigenvalue weighted by atomic mass is 16.5. The van der Waals surface area contributed by atoms with E-state index in [1.807, 2.05) is 12.3 Å². The van der Waals surface area contributed by atoms with E-state index < -0.39 is 0 Å². The van der Waals surface area contributed by atoms with Crippen molar-refractivity contribution >= 4 is 11.2 Å². The Hall–Kier alpha value is -1.46. The number of ether oxygens (including phenoxy) is 1. The van der Waals surface area contributed by atoms with E-state index in [-0.39, 0.29) is 0 Å². The fourth-order valence-electron chi connectivity index (χ4n) is 4.12. The van der Waals surface area contributed by atoms with Gasteiger partial charge in [0, 0.05) is 31.3 Å². The van der Waals surface area contributed by atoms with Gasteiger partial charge in [0.15, 0.2) is 5.65 Å². The number of likely N-dealkylation sites (tertiary alicyclic amines) is 1. The number of imidazole rings is 1. The van der Waals surface area contributed by atoms with Gasteiger partial charge in [0.25, 0.3) is 0 Å². The molecule has 2 atom stereocenters. The Balaban J connectivity index is 1.82. The van der Waals surface area contributed by atoms with Crippen molar-refractivity contribution in [1.29, 1.82) is 0 Å². The molecule has 2 aliphatic rings. The minimum absolute atomic E-state index is 0.381. The number of nitrogens with zero attached hydrogens (tertiary/aromatic N) is 4. The van der Waals surface area contributed by atoms with Crippen molar-refractivity contribution in [2.24, 2.45) is 0 Å². The van der Waals surface area contributed by atoms with Crippen LogP contribution in [0.5, 0.6) is 0 Å². The molecule has 23 heavy (non-hydrogen) atoms. The first-order chi connectivity index (χ1) is 11.3. The summed E-state index contributed by atoms with van der Waals surface area (Å²) in [6.45, 7) is 7.41. The minimum atomic E-state index is 0.381. The molecule has 0 aromatic carbocycles. The lowest BCUT2D eigenvalue weighted by Crippen LogP contribution is -2.35. The summed E-state index contributed by atoms with van der Waals surface area (Å²) in [5, 5.41) is 0. The Morgan fingerprint density at radius 3 is 2.96 bits per heavy atom. The van der Waals surface area contributed by atoms with Crippen molar-refractivity contribution in [3.8, 4) is 0 Å². The van der Waals surface area contributed by atoms with Gasteiger partial charge in [-0.05, 0) is 51.7 Å². The second kappa shape index (κ2) is 6.21. The Morgan fingerprint density at radius 1 is 1.26 bits per heavy atom. The average molecular weight is 314 g/mol. The van der Waals surface area contributed by atoms with Crippen LogP contribution in [0.25, 0.3) is 11.2 Å². The molecule has 5 nitrogen and oxygen atoms in total. The van der Waals surface area contributed by atoms with Crippen molar-refractivity contribution < 1.29 is 4.74 Å². The number of hydrogen-bond acceptors (Lipinski definition) is 4. The van der Waals surface area contributed by atoms with E-state index in [0.717, 1.165) is 43.8 Å². The maximum atomic E-state index is 5.74. The lowest BCUT2D eigenvalue weighted by atomic mass is 10.0. The average Bonchev–Trinajstić information content (AvgIpc) is 3.19. The first-order valence-corrected chi connectivity index (χ1v) is 8.92. The fourth-order valence-corrected chi connectivity index (χ4v) is 4.12. The minimum Gasteiger partial charge on any atom is -0.381 e. The number of aromatic nitrogens is 3. The molecule has 124 valence electrons. The van der Waals surface area contributed by atoms with Crippen molar-refractivity contribution in [3.63, 3.8) is 0 Å². The summed E-state index contributed by atoms with van der Waals surface area (Å²) in [4.78, 5) is 12.2. The van der Waals surface area contributed by atoms with Gasteiger partial charge in [-0.15, -0.1) is 0 Å². The third-order valence-electron chi connectivity index (χ3n) is 5.22.